The summed E-state index contributed by atoms with van der Waals surface area (Å²) in [6, 6.07) is 12.2. The predicted octanol–water partition coefficient (Wildman–Crippen LogP) is 4.32. The first-order valence-corrected chi connectivity index (χ1v) is 11.3. The maximum absolute atomic E-state index is 13.0. The summed E-state index contributed by atoms with van der Waals surface area (Å²) in [5.74, 6) is -0.00734. The van der Waals surface area contributed by atoms with Crippen LogP contribution >= 0.6 is 0 Å². The summed E-state index contributed by atoms with van der Waals surface area (Å²) >= 11 is 0. The van der Waals surface area contributed by atoms with Gasteiger partial charge in [-0.15, -0.1) is 0 Å². The van der Waals surface area contributed by atoms with Crippen LogP contribution in [0.15, 0.2) is 56.6 Å². The van der Waals surface area contributed by atoms with E-state index >= 15 is 0 Å². The van der Waals surface area contributed by atoms with Gasteiger partial charge in [-0.25, -0.2) is 17.9 Å². The van der Waals surface area contributed by atoms with Gasteiger partial charge < -0.3 is 4.42 Å². The van der Waals surface area contributed by atoms with Crippen LogP contribution in [-0.2, 0) is 17.1 Å². The van der Waals surface area contributed by atoms with Gasteiger partial charge in [0.2, 0.25) is 10.0 Å². The molecular formula is C22H28N2O4S. The summed E-state index contributed by atoms with van der Waals surface area (Å²) in [4.78, 5) is 11.8. The SMILES string of the molecule is CCC(C)c1ccc(C(NS(=O)(=O)c2ccc3c(c2)oc(=O)n3C)C(C)C)cc1. The molecule has 0 saturated carbocycles. The Morgan fingerprint density at radius 3 is 2.24 bits per heavy atom. The first kappa shape index (κ1) is 21.3. The number of rotatable bonds is 7. The van der Waals surface area contributed by atoms with Gasteiger partial charge in [0.05, 0.1) is 10.4 Å². The normalized spacial score (nSPS) is 14.4. The number of oxazole rings is 1. The van der Waals surface area contributed by atoms with Crippen molar-refractivity contribution in [2.45, 2.75) is 51.0 Å². The van der Waals surface area contributed by atoms with Gasteiger partial charge in [-0.1, -0.05) is 52.0 Å². The standard InChI is InChI=1S/C22H28N2O4S/c1-6-15(4)16-7-9-17(10-8-16)21(14(2)3)23-29(26,27)18-11-12-19-20(13-18)28-22(25)24(19)5/h7-15,21,23H,6H2,1-5H3. The zero-order chi connectivity index (χ0) is 21.3. The van der Waals surface area contributed by atoms with E-state index in [1.807, 2.05) is 26.0 Å². The average molecular weight is 417 g/mol. The second kappa shape index (κ2) is 8.16. The van der Waals surface area contributed by atoms with Crippen LogP contribution in [0.5, 0.6) is 0 Å². The van der Waals surface area contributed by atoms with Crippen molar-refractivity contribution in [3.63, 3.8) is 0 Å². The third-order valence-corrected chi connectivity index (χ3v) is 6.94. The lowest BCUT2D eigenvalue weighted by molar-refractivity contribution is 0.463. The maximum atomic E-state index is 13.0. The molecule has 156 valence electrons. The van der Waals surface area contributed by atoms with E-state index in [1.54, 1.807) is 13.1 Å². The number of aryl methyl sites for hydroxylation is 1. The Morgan fingerprint density at radius 1 is 1.03 bits per heavy atom. The molecule has 3 aromatic rings. The van der Waals surface area contributed by atoms with Crippen LogP contribution in [0.4, 0.5) is 0 Å². The van der Waals surface area contributed by atoms with Gasteiger partial charge in [0, 0.05) is 19.2 Å². The molecule has 0 amide bonds. The number of hydrogen-bond donors (Lipinski definition) is 1. The van der Waals surface area contributed by atoms with Crippen molar-refractivity contribution >= 4 is 21.1 Å². The molecule has 2 atom stereocenters. The zero-order valence-electron chi connectivity index (χ0n) is 17.5. The quantitative estimate of drug-likeness (QED) is 0.622. The molecule has 1 N–H and O–H groups in total. The van der Waals surface area contributed by atoms with Crippen molar-refractivity contribution in [3.8, 4) is 0 Å². The number of sulfonamides is 1. The van der Waals surface area contributed by atoms with Crippen molar-refractivity contribution in [1.82, 2.24) is 9.29 Å². The molecule has 29 heavy (non-hydrogen) atoms. The summed E-state index contributed by atoms with van der Waals surface area (Å²) in [7, 11) is -2.22. The predicted molar refractivity (Wildman–Crippen MR) is 115 cm³/mol. The highest BCUT2D eigenvalue weighted by Crippen LogP contribution is 2.27. The smallest absolute Gasteiger partial charge is 0.408 e. The highest BCUT2D eigenvalue weighted by molar-refractivity contribution is 7.89. The van der Waals surface area contributed by atoms with Gasteiger partial charge in [-0.3, -0.25) is 4.57 Å². The van der Waals surface area contributed by atoms with Crippen molar-refractivity contribution in [1.29, 1.82) is 0 Å². The molecule has 0 fully saturated rings. The van der Waals surface area contributed by atoms with Crippen molar-refractivity contribution in [3.05, 3.63) is 64.1 Å². The van der Waals surface area contributed by atoms with Gasteiger partial charge in [0.1, 0.15) is 0 Å². The Bertz CT molecular complexity index is 1160. The second-order valence-corrected chi connectivity index (χ2v) is 9.59. The van der Waals surface area contributed by atoms with Crippen molar-refractivity contribution < 1.29 is 12.8 Å². The Morgan fingerprint density at radius 2 is 1.66 bits per heavy atom. The summed E-state index contributed by atoms with van der Waals surface area (Å²) in [6.07, 6.45) is 1.05. The molecule has 6 nitrogen and oxygen atoms in total. The summed E-state index contributed by atoms with van der Waals surface area (Å²) in [5, 5.41) is 0. The van der Waals surface area contributed by atoms with Crippen LogP contribution in [0, 0.1) is 5.92 Å². The number of benzene rings is 2. The Hall–Kier alpha value is -2.38. The number of nitrogens with zero attached hydrogens (tertiary/aromatic N) is 1. The average Bonchev–Trinajstić information content (AvgIpc) is 2.99. The molecule has 0 radical (unpaired) electrons. The van der Waals surface area contributed by atoms with E-state index in [4.69, 9.17) is 4.42 Å². The lowest BCUT2D eigenvalue weighted by Crippen LogP contribution is -2.31. The lowest BCUT2D eigenvalue weighted by Gasteiger charge is -2.23. The highest BCUT2D eigenvalue weighted by Gasteiger charge is 2.25. The molecule has 7 heteroatoms. The summed E-state index contributed by atoms with van der Waals surface area (Å²) in [5.41, 5.74) is 2.96. The Balaban J connectivity index is 1.92. The topological polar surface area (TPSA) is 81.3 Å². The molecule has 0 aliphatic carbocycles. The van der Waals surface area contributed by atoms with Crippen LogP contribution in [0.2, 0.25) is 0 Å². The minimum absolute atomic E-state index is 0.0533. The van der Waals surface area contributed by atoms with Gasteiger partial charge in [0.15, 0.2) is 5.58 Å². The minimum atomic E-state index is -3.80. The lowest BCUT2D eigenvalue weighted by atomic mass is 9.93. The zero-order valence-corrected chi connectivity index (χ0v) is 18.3. The van der Waals surface area contributed by atoms with E-state index in [-0.39, 0.29) is 22.4 Å². The molecule has 0 saturated heterocycles. The Kier molecular flexibility index (Phi) is 6.00. The largest absolute Gasteiger partial charge is 0.419 e. The summed E-state index contributed by atoms with van der Waals surface area (Å²) in [6.45, 7) is 8.29. The number of fused-ring (bicyclic) bond motifs is 1. The van der Waals surface area contributed by atoms with Crippen molar-refractivity contribution in [2.24, 2.45) is 13.0 Å². The highest BCUT2D eigenvalue weighted by atomic mass is 32.2. The van der Waals surface area contributed by atoms with Crippen molar-refractivity contribution in [2.75, 3.05) is 0 Å². The Labute approximate surface area is 171 Å². The molecule has 2 aromatic carbocycles. The molecule has 3 rings (SSSR count). The molecule has 0 aliphatic heterocycles. The second-order valence-electron chi connectivity index (χ2n) is 7.88. The van der Waals surface area contributed by atoms with E-state index < -0.39 is 15.8 Å². The first-order chi connectivity index (χ1) is 13.6. The molecule has 0 bridgehead atoms. The molecular weight excluding hydrogens is 388 g/mol. The third kappa shape index (κ3) is 4.31. The molecule has 1 aromatic heterocycles. The van der Waals surface area contributed by atoms with E-state index in [1.165, 1.54) is 22.3 Å². The fourth-order valence-corrected chi connectivity index (χ4v) is 4.76. The van der Waals surface area contributed by atoms with Gasteiger partial charge in [-0.05, 0) is 41.5 Å². The molecule has 0 aliphatic rings. The van der Waals surface area contributed by atoms with Gasteiger partial charge >= 0.3 is 5.76 Å². The van der Waals surface area contributed by atoms with Crippen LogP contribution in [0.1, 0.15) is 57.2 Å². The molecule has 1 heterocycles. The van der Waals surface area contributed by atoms with Crippen LogP contribution in [0.25, 0.3) is 11.1 Å². The van der Waals surface area contributed by atoms with Crippen LogP contribution in [0.3, 0.4) is 0 Å². The van der Waals surface area contributed by atoms with Gasteiger partial charge in [-0.2, -0.15) is 0 Å². The minimum Gasteiger partial charge on any atom is -0.408 e. The van der Waals surface area contributed by atoms with E-state index in [9.17, 15) is 13.2 Å². The number of aromatic nitrogens is 1. The first-order valence-electron chi connectivity index (χ1n) is 9.85. The number of hydrogen-bond acceptors (Lipinski definition) is 4. The fraction of sp³-hybridized carbons (Fsp3) is 0.409. The van der Waals surface area contributed by atoms with E-state index in [0.717, 1.165) is 12.0 Å². The monoisotopic (exact) mass is 416 g/mol. The van der Waals surface area contributed by atoms with Gasteiger partial charge in [0.25, 0.3) is 0 Å². The van der Waals surface area contributed by atoms with E-state index in [2.05, 4.69) is 30.7 Å². The van der Waals surface area contributed by atoms with Crippen LogP contribution in [-0.4, -0.2) is 13.0 Å². The van der Waals surface area contributed by atoms with E-state index in [0.29, 0.717) is 11.4 Å². The third-order valence-electron chi connectivity index (χ3n) is 5.50. The fourth-order valence-electron chi connectivity index (χ4n) is 3.37. The molecule has 2 unspecified atom stereocenters. The molecule has 0 spiro atoms. The maximum Gasteiger partial charge on any atom is 0.419 e. The number of nitrogens with one attached hydrogen (secondary N) is 1. The summed E-state index contributed by atoms with van der Waals surface area (Å²) < 4.78 is 35.4. The van der Waals surface area contributed by atoms with Crippen LogP contribution < -0.4 is 10.5 Å².